The molecule has 0 fully saturated rings. The van der Waals surface area contributed by atoms with Crippen LogP contribution >= 0.6 is 0 Å². The summed E-state index contributed by atoms with van der Waals surface area (Å²) < 4.78 is 9.66. The van der Waals surface area contributed by atoms with E-state index in [4.69, 9.17) is 14.6 Å². The van der Waals surface area contributed by atoms with Gasteiger partial charge >= 0.3 is 11.9 Å². The van der Waals surface area contributed by atoms with E-state index in [-0.39, 0.29) is 24.5 Å². The van der Waals surface area contributed by atoms with Crippen LogP contribution in [0.5, 0.6) is 0 Å². The van der Waals surface area contributed by atoms with Crippen molar-refractivity contribution in [3.8, 4) is 0 Å². The average molecular weight is 268 g/mol. The molecule has 1 aromatic heterocycles. The van der Waals surface area contributed by atoms with Gasteiger partial charge in [0.25, 0.3) is 0 Å². The number of ether oxygens (including phenoxy) is 2. The van der Waals surface area contributed by atoms with Crippen LogP contribution in [0.3, 0.4) is 0 Å². The van der Waals surface area contributed by atoms with Gasteiger partial charge in [-0.2, -0.15) is 0 Å². The molecule has 0 saturated carbocycles. The Morgan fingerprint density at radius 3 is 2.84 bits per heavy atom. The number of hydrogen-bond acceptors (Lipinski definition) is 6. The Morgan fingerprint density at radius 2 is 2.26 bits per heavy atom. The first-order chi connectivity index (χ1) is 9.10. The Kier molecular flexibility index (Phi) is 5.74. The van der Waals surface area contributed by atoms with E-state index in [9.17, 15) is 9.59 Å². The topological polar surface area (TPSA) is 97.8 Å². The van der Waals surface area contributed by atoms with Gasteiger partial charge in [0, 0.05) is 13.3 Å². The highest BCUT2D eigenvalue weighted by atomic mass is 16.5. The summed E-state index contributed by atoms with van der Waals surface area (Å²) in [5.74, 6) is -1.34. The largest absolute Gasteiger partial charge is 0.479 e. The number of pyridine rings is 1. The Bertz CT molecular complexity index is 450. The van der Waals surface area contributed by atoms with E-state index >= 15 is 0 Å². The molecule has 1 aromatic rings. The summed E-state index contributed by atoms with van der Waals surface area (Å²) >= 11 is 0. The highest BCUT2D eigenvalue weighted by molar-refractivity contribution is 5.94. The Labute approximate surface area is 110 Å². The molecule has 104 valence electrons. The van der Waals surface area contributed by atoms with Crippen molar-refractivity contribution in [2.24, 2.45) is 0 Å². The number of carboxylic acids is 1. The van der Waals surface area contributed by atoms with Crippen molar-refractivity contribution in [3.63, 3.8) is 0 Å². The Hall–Kier alpha value is -2.15. The molecular weight excluding hydrogens is 252 g/mol. The third kappa shape index (κ3) is 4.22. The number of aromatic nitrogens is 1. The molecule has 7 nitrogen and oxygen atoms in total. The number of nitrogens with one attached hydrogen (secondary N) is 1. The van der Waals surface area contributed by atoms with Gasteiger partial charge in [-0.25, -0.2) is 14.6 Å². The minimum absolute atomic E-state index is 0.00471. The number of methoxy groups -OCH3 is 1. The number of nitrogens with zero attached hydrogens (tertiary/aromatic N) is 1. The molecule has 0 spiro atoms. The van der Waals surface area contributed by atoms with Crippen LogP contribution in [0.4, 0.5) is 5.82 Å². The molecule has 1 heterocycles. The third-order valence-electron chi connectivity index (χ3n) is 2.32. The Balaban J connectivity index is 2.78. The molecule has 2 N–H and O–H groups in total. The molecule has 1 unspecified atom stereocenters. The first-order valence-corrected chi connectivity index (χ1v) is 5.71. The summed E-state index contributed by atoms with van der Waals surface area (Å²) in [5.41, 5.74) is 0.254. The molecule has 0 aliphatic heterocycles. The van der Waals surface area contributed by atoms with Gasteiger partial charge in [0.05, 0.1) is 13.2 Å². The van der Waals surface area contributed by atoms with Crippen molar-refractivity contribution in [2.75, 3.05) is 25.6 Å². The normalized spacial score (nSPS) is 11.7. The molecule has 1 atom stereocenters. The molecule has 0 aliphatic carbocycles. The highest BCUT2D eigenvalue weighted by Crippen LogP contribution is 2.13. The molecule has 0 amide bonds. The minimum atomic E-state index is -1.09. The summed E-state index contributed by atoms with van der Waals surface area (Å²) in [4.78, 5) is 26.4. The molecule has 0 saturated heterocycles. The predicted molar refractivity (Wildman–Crippen MR) is 67.1 cm³/mol. The van der Waals surface area contributed by atoms with Crippen LogP contribution in [-0.2, 0) is 14.3 Å². The summed E-state index contributed by atoms with van der Waals surface area (Å²) in [6.07, 6.45) is 0.477. The van der Waals surface area contributed by atoms with Gasteiger partial charge in [0.1, 0.15) is 11.4 Å². The molecule has 0 bridgehead atoms. The number of hydrogen-bond donors (Lipinski definition) is 2. The average Bonchev–Trinajstić information content (AvgIpc) is 2.39. The maximum Gasteiger partial charge on any atom is 0.341 e. The van der Waals surface area contributed by atoms with Crippen molar-refractivity contribution in [1.29, 1.82) is 0 Å². The highest BCUT2D eigenvalue weighted by Gasteiger charge is 2.18. The number of carboxylic acid groups (broad SMARTS) is 1. The van der Waals surface area contributed by atoms with Crippen LogP contribution in [0.15, 0.2) is 18.3 Å². The first kappa shape index (κ1) is 14.9. The standard InChI is InChI=1S/C12H16N2O5/c1-3-19-12(17)8-5-4-6-13-10(8)14-7-9(18-2)11(15)16/h4-6,9H,3,7H2,1-2H3,(H,13,14)(H,15,16). The van der Waals surface area contributed by atoms with Crippen molar-refractivity contribution in [3.05, 3.63) is 23.9 Å². The lowest BCUT2D eigenvalue weighted by molar-refractivity contribution is -0.147. The SMILES string of the molecule is CCOC(=O)c1cccnc1NCC(OC)C(=O)O. The Morgan fingerprint density at radius 1 is 1.53 bits per heavy atom. The zero-order chi connectivity index (χ0) is 14.3. The van der Waals surface area contributed by atoms with E-state index in [2.05, 4.69) is 10.3 Å². The number of carbonyl (C=O) groups excluding carboxylic acids is 1. The van der Waals surface area contributed by atoms with Gasteiger partial charge in [-0.3, -0.25) is 0 Å². The summed E-state index contributed by atoms with van der Waals surface area (Å²) in [6, 6.07) is 3.15. The number of aliphatic carboxylic acids is 1. The van der Waals surface area contributed by atoms with Crippen molar-refractivity contribution in [1.82, 2.24) is 4.98 Å². The molecule has 0 aliphatic rings. The van der Waals surface area contributed by atoms with Crippen molar-refractivity contribution < 1.29 is 24.2 Å². The van der Waals surface area contributed by atoms with Gasteiger partial charge in [-0.15, -0.1) is 0 Å². The maximum atomic E-state index is 11.7. The van der Waals surface area contributed by atoms with E-state index in [1.54, 1.807) is 19.1 Å². The monoisotopic (exact) mass is 268 g/mol. The second-order valence-electron chi connectivity index (χ2n) is 3.56. The van der Waals surface area contributed by atoms with E-state index in [0.29, 0.717) is 0 Å². The zero-order valence-electron chi connectivity index (χ0n) is 10.8. The summed E-state index contributed by atoms with van der Waals surface area (Å²) in [5, 5.41) is 11.6. The molecule has 1 rings (SSSR count). The van der Waals surface area contributed by atoms with Gasteiger partial charge in [-0.05, 0) is 19.1 Å². The molecule has 0 radical (unpaired) electrons. The van der Waals surface area contributed by atoms with E-state index < -0.39 is 18.0 Å². The van der Waals surface area contributed by atoms with Crippen LogP contribution in [0.25, 0.3) is 0 Å². The fourth-order valence-electron chi connectivity index (χ4n) is 1.38. The lowest BCUT2D eigenvalue weighted by Crippen LogP contribution is -2.31. The number of anilines is 1. The minimum Gasteiger partial charge on any atom is -0.479 e. The van der Waals surface area contributed by atoms with E-state index in [1.807, 2.05) is 0 Å². The van der Waals surface area contributed by atoms with Crippen LogP contribution in [0, 0.1) is 0 Å². The lowest BCUT2D eigenvalue weighted by atomic mass is 10.2. The molecule has 19 heavy (non-hydrogen) atoms. The maximum absolute atomic E-state index is 11.7. The first-order valence-electron chi connectivity index (χ1n) is 5.71. The van der Waals surface area contributed by atoms with Gasteiger partial charge in [0.2, 0.25) is 0 Å². The summed E-state index contributed by atoms with van der Waals surface area (Å²) in [7, 11) is 1.30. The molecule has 0 aromatic carbocycles. The lowest BCUT2D eigenvalue weighted by Gasteiger charge is -2.13. The number of rotatable bonds is 7. The van der Waals surface area contributed by atoms with Crippen LogP contribution in [-0.4, -0.2) is 48.4 Å². The number of carbonyl (C=O) groups is 2. The zero-order valence-corrected chi connectivity index (χ0v) is 10.8. The van der Waals surface area contributed by atoms with Crippen molar-refractivity contribution in [2.45, 2.75) is 13.0 Å². The second kappa shape index (κ2) is 7.32. The fraction of sp³-hybridized carbons (Fsp3) is 0.417. The molecular formula is C12H16N2O5. The fourth-order valence-corrected chi connectivity index (χ4v) is 1.38. The van der Waals surface area contributed by atoms with Crippen LogP contribution < -0.4 is 5.32 Å². The van der Waals surface area contributed by atoms with E-state index in [1.165, 1.54) is 13.3 Å². The quantitative estimate of drug-likeness (QED) is 0.705. The second-order valence-corrected chi connectivity index (χ2v) is 3.56. The number of esters is 1. The predicted octanol–water partition coefficient (Wildman–Crippen LogP) is 0.770. The van der Waals surface area contributed by atoms with Gasteiger partial charge in [-0.1, -0.05) is 0 Å². The van der Waals surface area contributed by atoms with Crippen LogP contribution in [0.2, 0.25) is 0 Å². The molecule has 7 heteroatoms. The third-order valence-corrected chi connectivity index (χ3v) is 2.32. The van der Waals surface area contributed by atoms with Crippen LogP contribution in [0.1, 0.15) is 17.3 Å². The van der Waals surface area contributed by atoms with Crippen molar-refractivity contribution >= 4 is 17.8 Å². The smallest absolute Gasteiger partial charge is 0.341 e. The summed E-state index contributed by atoms with van der Waals surface area (Å²) in [6.45, 7) is 1.95. The van der Waals surface area contributed by atoms with Gasteiger partial charge in [0.15, 0.2) is 6.10 Å². The van der Waals surface area contributed by atoms with E-state index in [0.717, 1.165) is 0 Å². The van der Waals surface area contributed by atoms with Gasteiger partial charge < -0.3 is 19.9 Å².